The number of hydrogen-bond donors (Lipinski definition) is 3. The van der Waals surface area contributed by atoms with E-state index in [-0.39, 0.29) is 12.4 Å². The van der Waals surface area contributed by atoms with Gasteiger partial charge in [-0.15, -0.1) is 0 Å². The van der Waals surface area contributed by atoms with Crippen molar-refractivity contribution in [2.75, 3.05) is 5.73 Å². The predicted octanol–water partition coefficient (Wildman–Crippen LogP) is -0.467. The summed E-state index contributed by atoms with van der Waals surface area (Å²) >= 11 is 0. The molecule has 1 rings (SSSR count). The third kappa shape index (κ3) is 2.68. The highest BCUT2D eigenvalue weighted by molar-refractivity contribution is 5.67. The Morgan fingerprint density at radius 2 is 2.08 bits per heavy atom. The van der Waals surface area contributed by atoms with E-state index < -0.39 is 12.0 Å². The number of nitrogen functional groups attached to an aromatic ring is 1. The number of anilines is 1. The zero-order valence-electron chi connectivity index (χ0n) is 6.84. The van der Waals surface area contributed by atoms with Gasteiger partial charge in [-0.2, -0.15) is 0 Å². The lowest BCUT2D eigenvalue weighted by atomic mass is 10.1. The van der Waals surface area contributed by atoms with Crippen LogP contribution in [-0.4, -0.2) is 21.0 Å². The SMILES string of the molecule is Nc1ncc([C@@H](N)CC(=O)O)cn1. The summed E-state index contributed by atoms with van der Waals surface area (Å²) in [6, 6.07) is -0.585. The number of nitrogens with two attached hydrogens (primary N) is 2. The molecular weight excluding hydrogens is 172 g/mol. The van der Waals surface area contributed by atoms with Gasteiger partial charge in [-0.25, -0.2) is 9.97 Å². The maximum Gasteiger partial charge on any atom is 0.305 e. The van der Waals surface area contributed by atoms with Gasteiger partial charge in [0.1, 0.15) is 0 Å². The van der Waals surface area contributed by atoms with Crippen molar-refractivity contribution >= 4 is 11.9 Å². The molecule has 0 aliphatic carbocycles. The van der Waals surface area contributed by atoms with Crippen molar-refractivity contribution in [2.24, 2.45) is 5.73 Å². The summed E-state index contributed by atoms with van der Waals surface area (Å²) < 4.78 is 0. The number of hydrogen-bond acceptors (Lipinski definition) is 5. The molecule has 0 amide bonds. The van der Waals surface area contributed by atoms with E-state index in [1.54, 1.807) is 0 Å². The molecule has 0 saturated heterocycles. The van der Waals surface area contributed by atoms with Crippen LogP contribution >= 0.6 is 0 Å². The van der Waals surface area contributed by atoms with Crippen LogP contribution in [0.2, 0.25) is 0 Å². The summed E-state index contributed by atoms with van der Waals surface area (Å²) in [5.41, 5.74) is 11.4. The van der Waals surface area contributed by atoms with E-state index in [4.69, 9.17) is 16.6 Å². The van der Waals surface area contributed by atoms with Crippen LogP contribution in [0.4, 0.5) is 5.95 Å². The molecule has 0 unspecified atom stereocenters. The first-order valence-corrected chi connectivity index (χ1v) is 3.64. The molecule has 1 atom stereocenters. The first-order valence-electron chi connectivity index (χ1n) is 3.64. The van der Waals surface area contributed by atoms with Crippen LogP contribution in [0.3, 0.4) is 0 Å². The van der Waals surface area contributed by atoms with Crippen molar-refractivity contribution < 1.29 is 9.90 Å². The van der Waals surface area contributed by atoms with Crippen LogP contribution in [-0.2, 0) is 4.79 Å². The van der Waals surface area contributed by atoms with Crippen LogP contribution in [0.1, 0.15) is 18.0 Å². The molecule has 6 nitrogen and oxygen atoms in total. The molecular formula is C7H10N4O2. The number of carbonyl (C=O) groups is 1. The van der Waals surface area contributed by atoms with Crippen molar-refractivity contribution in [3.8, 4) is 0 Å². The summed E-state index contributed by atoms with van der Waals surface area (Å²) in [6.45, 7) is 0. The maximum atomic E-state index is 10.3. The molecule has 1 aromatic heterocycles. The highest BCUT2D eigenvalue weighted by atomic mass is 16.4. The van der Waals surface area contributed by atoms with Gasteiger partial charge in [-0.05, 0) is 0 Å². The first kappa shape index (κ1) is 9.40. The van der Waals surface area contributed by atoms with E-state index in [9.17, 15) is 4.79 Å². The highest BCUT2D eigenvalue weighted by Gasteiger charge is 2.10. The van der Waals surface area contributed by atoms with Crippen LogP contribution in [0, 0.1) is 0 Å². The van der Waals surface area contributed by atoms with Crippen molar-refractivity contribution in [3.63, 3.8) is 0 Å². The Morgan fingerprint density at radius 1 is 1.54 bits per heavy atom. The average Bonchev–Trinajstić information content (AvgIpc) is 2.04. The number of nitrogens with zero attached hydrogens (tertiary/aromatic N) is 2. The fraction of sp³-hybridized carbons (Fsp3) is 0.286. The van der Waals surface area contributed by atoms with Gasteiger partial charge in [-0.3, -0.25) is 4.79 Å². The number of rotatable bonds is 3. The van der Waals surface area contributed by atoms with Gasteiger partial charge in [0.15, 0.2) is 0 Å². The summed E-state index contributed by atoms with van der Waals surface area (Å²) in [7, 11) is 0. The number of carboxylic acids is 1. The van der Waals surface area contributed by atoms with Crippen molar-refractivity contribution in [1.82, 2.24) is 9.97 Å². The Bertz CT molecular complexity index is 298. The Hall–Kier alpha value is -1.69. The van der Waals surface area contributed by atoms with E-state index in [2.05, 4.69) is 9.97 Å². The van der Waals surface area contributed by atoms with E-state index in [0.717, 1.165) is 0 Å². The molecule has 0 saturated carbocycles. The Kier molecular flexibility index (Phi) is 2.76. The molecule has 0 radical (unpaired) electrons. The van der Waals surface area contributed by atoms with Crippen LogP contribution in [0.15, 0.2) is 12.4 Å². The molecule has 0 aromatic carbocycles. The Balaban J connectivity index is 2.71. The van der Waals surface area contributed by atoms with Crippen molar-refractivity contribution in [3.05, 3.63) is 18.0 Å². The van der Waals surface area contributed by atoms with E-state index >= 15 is 0 Å². The fourth-order valence-electron chi connectivity index (χ4n) is 0.845. The van der Waals surface area contributed by atoms with E-state index in [0.29, 0.717) is 5.56 Å². The van der Waals surface area contributed by atoms with Crippen LogP contribution in [0.25, 0.3) is 0 Å². The lowest BCUT2D eigenvalue weighted by Crippen LogP contribution is -2.15. The standard InChI is InChI=1S/C7H10N4O2/c8-5(1-6(12)13)4-2-10-7(9)11-3-4/h2-3,5H,1,8H2,(H,12,13)(H2,9,10,11)/t5-/m0/s1. The normalized spacial score (nSPS) is 12.4. The van der Waals surface area contributed by atoms with Gasteiger partial charge >= 0.3 is 5.97 Å². The van der Waals surface area contributed by atoms with Crippen molar-refractivity contribution in [1.29, 1.82) is 0 Å². The minimum Gasteiger partial charge on any atom is -0.481 e. The molecule has 0 fully saturated rings. The second-order valence-corrected chi connectivity index (χ2v) is 2.58. The summed E-state index contributed by atoms with van der Waals surface area (Å²) in [5.74, 6) is -0.810. The molecule has 0 spiro atoms. The fourth-order valence-corrected chi connectivity index (χ4v) is 0.845. The lowest BCUT2D eigenvalue weighted by molar-refractivity contribution is -0.137. The minimum atomic E-state index is -0.954. The van der Waals surface area contributed by atoms with Crippen molar-refractivity contribution in [2.45, 2.75) is 12.5 Å². The topological polar surface area (TPSA) is 115 Å². The quantitative estimate of drug-likeness (QED) is 0.582. The third-order valence-electron chi connectivity index (χ3n) is 1.51. The van der Waals surface area contributed by atoms with Gasteiger partial charge in [0.25, 0.3) is 0 Å². The zero-order valence-corrected chi connectivity index (χ0v) is 6.84. The summed E-state index contributed by atoms with van der Waals surface area (Å²) in [6.07, 6.45) is 2.71. The molecule has 0 bridgehead atoms. The van der Waals surface area contributed by atoms with E-state index in [1.807, 2.05) is 0 Å². The highest BCUT2D eigenvalue weighted by Crippen LogP contribution is 2.11. The number of aliphatic carboxylic acids is 1. The molecule has 13 heavy (non-hydrogen) atoms. The van der Waals surface area contributed by atoms with Gasteiger partial charge in [0, 0.05) is 24.0 Å². The molecule has 1 aromatic rings. The summed E-state index contributed by atoms with van der Waals surface area (Å²) in [4.78, 5) is 17.7. The van der Waals surface area contributed by atoms with Gasteiger partial charge in [0.05, 0.1) is 6.42 Å². The van der Waals surface area contributed by atoms with Crippen LogP contribution < -0.4 is 11.5 Å². The zero-order chi connectivity index (χ0) is 9.84. The van der Waals surface area contributed by atoms with Gasteiger partial charge in [-0.1, -0.05) is 0 Å². The number of aromatic nitrogens is 2. The maximum absolute atomic E-state index is 10.3. The molecule has 5 N–H and O–H groups in total. The summed E-state index contributed by atoms with van der Waals surface area (Å²) in [5, 5.41) is 8.45. The van der Waals surface area contributed by atoms with Gasteiger partial charge in [0.2, 0.25) is 5.95 Å². The first-order chi connectivity index (χ1) is 6.09. The second kappa shape index (κ2) is 3.81. The Labute approximate surface area is 74.6 Å². The van der Waals surface area contributed by atoms with Gasteiger partial charge < -0.3 is 16.6 Å². The molecule has 6 heteroatoms. The average molecular weight is 182 g/mol. The molecule has 0 aliphatic heterocycles. The van der Waals surface area contributed by atoms with E-state index in [1.165, 1.54) is 12.4 Å². The number of carboxylic acid groups (broad SMARTS) is 1. The Morgan fingerprint density at radius 3 is 2.54 bits per heavy atom. The largest absolute Gasteiger partial charge is 0.481 e. The third-order valence-corrected chi connectivity index (χ3v) is 1.51. The molecule has 70 valence electrons. The smallest absolute Gasteiger partial charge is 0.305 e. The monoisotopic (exact) mass is 182 g/mol. The minimum absolute atomic E-state index is 0.145. The lowest BCUT2D eigenvalue weighted by Gasteiger charge is -2.07. The molecule has 1 heterocycles. The predicted molar refractivity (Wildman–Crippen MR) is 45.6 cm³/mol. The van der Waals surface area contributed by atoms with Crippen LogP contribution in [0.5, 0.6) is 0 Å². The molecule has 0 aliphatic rings. The second-order valence-electron chi connectivity index (χ2n) is 2.58.